The largest absolute Gasteiger partial charge is 0.423 e. The van der Waals surface area contributed by atoms with E-state index in [2.05, 4.69) is 15.5 Å². The number of rotatable bonds is 3. The molecule has 0 atom stereocenters. The van der Waals surface area contributed by atoms with Crippen molar-refractivity contribution in [2.24, 2.45) is 0 Å². The fourth-order valence-electron chi connectivity index (χ4n) is 2.15. The van der Waals surface area contributed by atoms with E-state index in [-0.39, 0.29) is 5.91 Å². The summed E-state index contributed by atoms with van der Waals surface area (Å²) in [5.74, 6) is 0.134. The van der Waals surface area contributed by atoms with Crippen molar-refractivity contribution in [1.29, 1.82) is 0 Å². The van der Waals surface area contributed by atoms with Gasteiger partial charge in [0.25, 0.3) is 5.91 Å². The molecule has 0 spiro atoms. The van der Waals surface area contributed by atoms with Gasteiger partial charge in [0.15, 0.2) is 0 Å². The van der Waals surface area contributed by atoms with Gasteiger partial charge >= 0.3 is 0 Å². The van der Waals surface area contributed by atoms with Crippen molar-refractivity contribution in [2.45, 2.75) is 0 Å². The lowest BCUT2D eigenvalue weighted by atomic mass is 9.98. The molecule has 2 aromatic carbocycles. The van der Waals surface area contributed by atoms with Gasteiger partial charge < -0.3 is 9.73 Å². The molecule has 0 aliphatic heterocycles. The van der Waals surface area contributed by atoms with Crippen molar-refractivity contribution < 1.29 is 9.21 Å². The van der Waals surface area contributed by atoms with Gasteiger partial charge in [-0.25, -0.2) is 0 Å². The highest BCUT2D eigenvalue weighted by molar-refractivity contribution is 6.00. The van der Waals surface area contributed by atoms with Gasteiger partial charge in [0, 0.05) is 7.05 Å². The van der Waals surface area contributed by atoms with E-state index in [1.165, 1.54) is 6.39 Å². The molecule has 1 heterocycles. The molecule has 1 amide bonds. The lowest BCUT2D eigenvalue weighted by Gasteiger charge is -2.08. The molecule has 0 fully saturated rings. The number of hydrogen-bond donors (Lipinski definition) is 1. The van der Waals surface area contributed by atoms with E-state index in [4.69, 9.17) is 4.42 Å². The summed E-state index contributed by atoms with van der Waals surface area (Å²) >= 11 is 0. The summed E-state index contributed by atoms with van der Waals surface area (Å²) in [5, 5.41) is 10.2. The molecule has 3 rings (SSSR count). The van der Waals surface area contributed by atoms with Gasteiger partial charge in [-0.1, -0.05) is 36.4 Å². The Labute approximate surface area is 121 Å². The molecule has 0 unspecified atom stereocenters. The number of aromatic nitrogens is 2. The molecule has 21 heavy (non-hydrogen) atoms. The topological polar surface area (TPSA) is 68.0 Å². The quantitative estimate of drug-likeness (QED) is 0.800. The van der Waals surface area contributed by atoms with Crippen LogP contribution in [0.5, 0.6) is 0 Å². The predicted molar refractivity (Wildman–Crippen MR) is 78.6 cm³/mol. The molecule has 1 N–H and O–H groups in total. The van der Waals surface area contributed by atoms with E-state index < -0.39 is 0 Å². The monoisotopic (exact) mass is 279 g/mol. The highest BCUT2D eigenvalue weighted by Crippen LogP contribution is 2.28. The Morgan fingerprint density at radius 3 is 2.57 bits per heavy atom. The molecular weight excluding hydrogens is 266 g/mol. The van der Waals surface area contributed by atoms with Gasteiger partial charge in [-0.05, 0) is 23.3 Å². The van der Waals surface area contributed by atoms with Crippen LogP contribution in [-0.4, -0.2) is 23.2 Å². The number of nitrogens with zero attached hydrogens (tertiary/aromatic N) is 2. The summed E-state index contributed by atoms with van der Waals surface area (Å²) in [7, 11) is 1.59. The van der Waals surface area contributed by atoms with Crippen LogP contribution in [0.4, 0.5) is 0 Å². The van der Waals surface area contributed by atoms with Crippen LogP contribution in [0.1, 0.15) is 10.4 Å². The van der Waals surface area contributed by atoms with E-state index >= 15 is 0 Å². The third-order valence-electron chi connectivity index (χ3n) is 3.19. The Kier molecular flexibility index (Phi) is 3.47. The lowest BCUT2D eigenvalue weighted by Crippen LogP contribution is -2.18. The summed E-state index contributed by atoms with van der Waals surface area (Å²) in [6.07, 6.45) is 1.25. The maximum atomic E-state index is 12.0. The van der Waals surface area contributed by atoms with Crippen LogP contribution >= 0.6 is 0 Å². The van der Waals surface area contributed by atoms with Gasteiger partial charge in [0.05, 0.1) is 11.1 Å². The molecule has 0 saturated heterocycles. The third-order valence-corrected chi connectivity index (χ3v) is 3.19. The molecule has 0 aliphatic rings. The number of amides is 1. The van der Waals surface area contributed by atoms with Crippen LogP contribution in [0.25, 0.3) is 22.6 Å². The Balaban J connectivity index is 2.15. The predicted octanol–water partition coefficient (Wildman–Crippen LogP) is 2.76. The fourth-order valence-corrected chi connectivity index (χ4v) is 2.15. The van der Waals surface area contributed by atoms with Crippen LogP contribution in [-0.2, 0) is 0 Å². The first-order valence-electron chi connectivity index (χ1n) is 6.47. The van der Waals surface area contributed by atoms with Gasteiger partial charge in [0.1, 0.15) is 0 Å². The molecular formula is C16H13N3O2. The molecule has 1 aromatic heterocycles. The molecule has 5 heteroatoms. The van der Waals surface area contributed by atoms with E-state index in [0.717, 1.165) is 11.1 Å². The smallest absolute Gasteiger partial charge is 0.251 e. The zero-order valence-corrected chi connectivity index (χ0v) is 11.4. The molecule has 104 valence electrons. The number of hydrogen-bond acceptors (Lipinski definition) is 4. The second-order valence-corrected chi connectivity index (χ2v) is 4.45. The maximum absolute atomic E-state index is 12.0. The van der Waals surface area contributed by atoms with Crippen LogP contribution < -0.4 is 5.32 Å². The molecule has 0 radical (unpaired) electrons. The maximum Gasteiger partial charge on any atom is 0.251 e. The van der Waals surface area contributed by atoms with Crippen molar-refractivity contribution in [3.05, 3.63) is 60.5 Å². The number of carbonyl (C=O) groups excluding carboxylic acids is 1. The molecule has 0 aliphatic carbocycles. The first-order chi connectivity index (χ1) is 10.3. The summed E-state index contributed by atoms with van der Waals surface area (Å²) < 4.78 is 5.24. The van der Waals surface area contributed by atoms with Crippen LogP contribution in [0.2, 0.25) is 0 Å². The minimum atomic E-state index is -0.192. The molecule has 0 saturated carbocycles. The molecule has 5 nitrogen and oxygen atoms in total. The minimum Gasteiger partial charge on any atom is -0.423 e. The normalized spacial score (nSPS) is 10.3. The second kappa shape index (κ2) is 5.58. The second-order valence-electron chi connectivity index (χ2n) is 4.45. The van der Waals surface area contributed by atoms with Crippen molar-refractivity contribution in [3.63, 3.8) is 0 Å². The summed E-state index contributed by atoms with van der Waals surface area (Å²) in [6, 6.07) is 15.5. The number of benzene rings is 2. The summed E-state index contributed by atoms with van der Waals surface area (Å²) in [4.78, 5) is 12.0. The van der Waals surface area contributed by atoms with Crippen LogP contribution in [0.15, 0.2) is 59.3 Å². The fraction of sp³-hybridized carbons (Fsp3) is 0.0625. The Morgan fingerprint density at radius 2 is 1.90 bits per heavy atom. The lowest BCUT2D eigenvalue weighted by molar-refractivity contribution is 0.0963. The van der Waals surface area contributed by atoms with Crippen molar-refractivity contribution in [1.82, 2.24) is 15.5 Å². The van der Waals surface area contributed by atoms with Crippen molar-refractivity contribution in [2.75, 3.05) is 7.05 Å². The van der Waals surface area contributed by atoms with E-state index in [1.54, 1.807) is 13.1 Å². The van der Waals surface area contributed by atoms with Crippen molar-refractivity contribution in [3.8, 4) is 22.6 Å². The Bertz CT molecular complexity index is 752. The van der Waals surface area contributed by atoms with Crippen LogP contribution in [0.3, 0.4) is 0 Å². The zero-order chi connectivity index (χ0) is 14.7. The van der Waals surface area contributed by atoms with E-state index in [9.17, 15) is 4.79 Å². The van der Waals surface area contributed by atoms with E-state index in [1.807, 2.05) is 42.5 Å². The van der Waals surface area contributed by atoms with E-state index in [0.29, 0.717) is 17.0 Å². The van der Waals surface area contributed by atoms with Crippen molar-refractivity contribution >= 4 is 5.91 Å². The first kappa shape index (κ1) is 13.1. The average molecular weight is 279 g/mol. The zero-order valence-electron chi connectivity index (χ0n) is 11.4. The Morgan fingerprint density at radius 1 is 1.10 bits per heavy atom. The highest BCUT2D eigenvalue weighted by Gasteiger charge is 2.16. The first-order valence-corrected chi connectivity index (χ1v) is 6.47. The third kappa shape index (κ3) is 2.53. The summed E-state index contributed by atoms with van der Waals surface area (Å²) in [6.45, 7) is 0. The van der Waals surface area contributed by atoms with Gasteiger partial charge in [-0.15, -0.1) is 10.2 Å². The van der Waals surface area contributed by atoms with Gasteiger partial charge in [0.2, 0.25) is 12.3 Å². The van der Waals surface area contributed by atoms with Crippen LogP contribution in [0, 0.1) is 0 Å². The SMILES string of the molecule is CNC(=O)c1ccc(-c2ccccc2)cc1-c1nnco1. The summed E-state index contributed by atoms with van der Waals surface area (Å²) in [5.41, 5.74) is 3.16. The standard InChI is InChI=1S/C16H13N3O2/c1-17-15(20)13-8-7-12(11-5-3-2-4-6-11)9-14(13)16-19-18-10-21-16/h2-10H,1H3,(H,17,20). The molecule has 0 bridgehead atoms. The van der Waals surface area contributed by atoms with Gasteiger partial charge in [-0.2, -0.15) is 0 Å². The number of nitrogens with one attached hydrogen (secondary N) is 1. The highest BCUT2D eigenvalue weighted by atomic mass is 16.4. The average Bonchev–Trinajstić information content (AvgIpc) is 3.09. The van der Waals surface area contributed by atoms with Gasteiger partial charge in [-0.3, -0.25) is 4.79 Å². The number of carbonyl (C=O) groups is 1. The minimum absolute atomic E-state index is 0.192. The molecule has 3 aromatic rings. The Hall–Kier alpha value is -2.95.